The van der Waals surface area contributed by atoms with E-state index in [9.17, 15) is 19.2 Å². The molecule has 0 saturated heterocycles. The van der Waals surface area contributed by atoms with Crippen molar-refractivity contribution >= 4 is 23.9 Å². The number of nitrogens with one attached hydrogen (secondary N) is 2. The molecule has 220 valence electrons. The first kappa shape index (κ1) is 33.9. The van der Waals surface area contributed by atoms with E-state index in [0.29, 0.717) is 18.4 Å². The third-order valence-electron chi connectivity index (χ3n) is 6.20. The Morgan fingerprint density at radius 2 is 1.67 bits per heavy atom. The van der Waals surface area contributed by atoms with Crippen molar-refractivity contribution in [3.05, 3.63) is 34.9 Å². The summed E-state index contributed by atoms with van der Waals surface area (Å²) in [4.78, 5) is 54.2. The molecule has 0 bridgehead atoms. The van der Waals surface area contributed by atoms with Crippen molar-refractivity contribution in [1.29, 1.82) is 0 Å². The molecule has 1 aromatic carbocycles. The lowest BCUT2D eigenvalue weighted by molar-refractivity contribution is -0.146. The molecule has 0 aliphatic rings. The van der Waals surface area contributed by atoms with Gasteiger partial charge in [-0.05, 0) is 78.4 Å². The van der Waals surface area contributed by atoms with Crippen LogP contribution in [0.15, 0.2) is 18.2 Å². The first-order valence-corrected chi connectivity index (χ1v) is 13.9. The second kappa shape index (κ2) is 15.5. The first-order chi connectivity index (χ1) is 18.1. The van der Waals surface area contributed by atoms with E-state index in [4.69, 9.17) is 9.47 Å². The molecule has 3 unspecified atom stereocenters. The van der Waals surface area contributed by atoms with E-state index in [1.165, 1.54) is 0 Å². The van der Waals surface area contributed by atoms with Gasteiger partial charge in [0.25, 0.3) is 0 Å². The minimum absolute atomic E-state index is 0.0205. The molecule has 3 atom stereocenters. The number of alkyl carbamates (subject to hydrolysis) is 1. The standard InChI is InChI=1S/C30H49N3O6/c1-11-22(7)33(28(36)24(17-19(3)4)32-29(37)39-30(8,9)10)26(23-14-13-20(5)18-21(23)6)27(35)31-16-15-25(34)38-12-2/h13-14,18-19,22,24,26H,11-12,15-17H2,1-10H3,(H,31,35)(H,32,37). The predicted octanol–water partition coefficient (Wildman–Crippen LogP) is 4.98. The summed E-state index contributed by atoms with van der Waals surface area (Å²) in [5.41, 5.74) is 1.85. The Labute approximate surface area is 234 Å². The van der Waals surface area contributed by atoms with Gasteiger partial charge in [0.2, 0.25) is 11.8 Å². The molecule has 0 fully saturated rings. The van der Waals surface area contributed by atoms with Crippen molar-refractivity contribution in [2.24, 2.45) is 5.92 Å². The molecule has 0 spiro atoms. The molecule has 0 aliphatic carbocycles. The highest BCUT2D eigenvalue weighted by Gasteiger charge is 2.39. The number of rotatable bonds is 13. The highest BCUT2D eigenvalue weighted by atomic mass is 16.6. The quantitative estimate of drug-likeness (QED) is 0.337. The zero-order valence-corrected chi connectivity index (χ0v) is 25.5. The lowest BCUT2D eigenvalue weighted by Crippen LogP contribution is -2.56. The van der Waals surface area contributed by atoms with Gasteiger partial charge >= 0.3 is 12.1 Å². The predicted molar refractivity (Wildman–Crippen MR) is 152 cm³/mol. The zero-order valence-electron chi connectivity index (χ0n) is 25.5. The van der Waals surface area contributed by atoms with E-state index >= 15 is 0 Å². The normalized spacial score (nSPS) is 13.7. The van der Waals surface area contributed by atoms with Gasteiger partial charge in [0.1, 0.15) is 17.7 Å². The number of carbonyl (C=O) groups excluding carboxylic acids is 4. The molecule has 0 aliphatic heterocycles. The van der Waals surface area contributed by atoms with Crippen molar-refractivity contribution in [3.63, 3.8) is 0 Å². The fourth-order valence-corrected chi connectivity index (χ4v) is 4.29. The lowest BCUT2D eigenvalue weighted by Gasteiger charge is -2.39. The van der Waals surface area contributed by atoms with Crippen LogP contribution in [0.4, 0.5) is 4.79 Å². The van der Waals surface area contributed by atoms with E-state index in [1.54, 1.807) is 32.6 Å². The number of aryl methyl sites for hydroxylation is 2. The maximum atomic E-state index is 14.2. The van der Waals surface area contributed by atoms with E-state index in [1.807, 2.05) is 59.7 Å². The van der Waals surface area contributed by atoms with Gasteiger partial charge in [-0.15, -0.1) is 0 Å². The summed E-state index contributed by atoms with van der Waals surface area (Å²) in [6.07, 6.45) is 0.291. The minimum Gasteiger partial charge on any atom is -0.466 e. The molecular weight excluding hydrogens is 498 g/mol. The molecule has 0 saturated carbocycles. The molecule has 0 aromatic heterocycles. The number of benzene rings is 1. The van der Waals surface area contributed by atoms with Gasteiger partial charge in [-0.3, -0.25) is 14.4 Å². The van der Waals surface area contributed by atoms with E-state index in [2.05, 4.69) is 10.6 Å². The number of hydrogen-bond donors (Lipinski definition) is 2. The van der Waals surface area contributed by atoms with E-state index in [-0.39, 0.29) is 37.4 Å². The summed E-state index contributed by atoms with van der Waals surface area (Å²) < 4.78 is 10.4. The maximum absolute atomic E-state index is 14.2. The van der Waals surface area contributed by atoms with Crippen LogP contribution in [0.2, 0.25) is 0 Å². The fourth-order valence-electron chi connectivity index (χ4n) is 4.29. The van der Waals surface area contributed by atoms with Crippen LogP contribution < -0.4 is 10.6 Å². The second-order valence-corrected chi connectivity index (χ2v) is 11.4. The number of ether oxygens (including phenoxy) is 2. The number of amides is 3. The van der Waals surface area contributed by atoms with Crippen LogP contribution in [0.1, 0.15) is 97.4 Å². The molecule has 1 rings (SSSR count). The van der Waals surface area contributed by atoms with Crippen LogP contribution in [-0.2, 0) is 23.9 Å². The molecule has 1 aromatic rings. The van der Waals surface area contributed by atoms with E-state index in [0.717, 1.165) is 11.1 Å². The molecule has 0 radical (unpaired) electrons. The summed E-state index contributed by atoms with van der Waals surface area (Å²) in [5, 5.41) is 5.59. The molecule has 39 heavy (non-hydrogen) atoms. The van der Waals surface area contributed by atoms with Gasteiger partial charge in [-0.2, -0.15) is 0 Å². The minimum atomic E-state index is -0.967. The van der Waals surface area contributed by atoms with Crippen LogP contribution in [0.25, 0.3) is 0 Å². The average Bonchev–Trinajstić information content (AvgIpc) is 2.80. The van der Waals surface area contributed by atoms with Crippen molar-refractivity contribution < 1.29 is 28.7 Å². The van der Waals surface area contributed by atoms with Gasteiger partial charge < -0.3 is 25.0 Å². The molecule has 9 heteroatoms. The number of nitrogens with zero attached hydrogens (tertiary/aromatic N) is 1. The van der Waals surface area contributed by atoms with Gasteiger partial charge in [-0.1, -0.05) is 44.5 Å². The van der Waals surface area contributed by atoms with Crippen LogP contribution in [0, 0.1) is 19.8 Å². The first-order valence-electron chi connectivity index (χ1n) is 13.9. The SMILES string of the molecule is CCOC(=O)CCNC(=O)C(c1ccc(C)cc1C)N(C(=O)C(CC(C)C)NC(=O)OC(C)(C)C)C(C)CC. The third-order valence-corrected chi connectivity index (χ3v) is 6.20. The van der Waals surface area contributed by atoms with E-state index < -0.39 is 35.7 Å². The maximum Gasteiger partial charge on any atom is 0.408 e. The zero-order chi connectivity index (χ0) is 29.9. The summed E-state index contributed by atoms with van der Waals surface area (Å²) >= 11 is 0. The van der Waals surface area contributed by atoms with Gasteiger partial charge in [-0.25, -0.2) is 4.79 Å². The van der Waals surface area contributed by atoms with Gasteiger partial charge in [0.05, 0.1) is 13.0 Å². The topological polar surface area (TPSA) is 114 Å². The molecule has 3 amide bonds. The number of hydrogen-bond acceptors (Lipinski definition) is 6. The molecule has 2 N–H and O–H groups in total. The number of esters is 1. The third kappa shape index (κ3) is 11.3. The average molecular weight is 548 g/mol. The highest BCUT2D eigenvalue weighted by Crippen LogP contribution is 2.30. The summed E-state index contributed by atoms with van der Waals surface area (Å²) in [6.45, 7) is 19.0. The Kier molecular flexibility index (Phi) is 13.5. The van der Waals surface area contributed by atoms with Crippen molar-refractivity contribution in [2.45, 2.75) is 112 Å². The molecular formula is C30H49N3O6. The largest absolute Gasteiger partial charge is 0.466 e. The Morgan fingerprint density at radius 3 is 2.18 bits per heavy atom. The van der Waals surface area contributed by atoms with Crippen molar-refractivity contribution in [3.8, 4) is 0 Å². The summed E-state index contributed by atoms with van der Waals surface area (Å²) in [7, 11) is 0. The number of carbonyl (C=O) groups is 4. The lowest BCUT2D eigenvalue weighted by atomic mass is 9.94. The van der Waals surface area contributed by atoms with Gasteiger partial charge in [0.15, 0.2) is 0 Å². The Bertz CT molecular complexity index is 985. The molecule has 0 heterocycles. The molecule has 9 nitrogen and oxygen atoms in total. The van der Waals surface area contributed by atoms with Crippen LogP contribution in [-0.4, -0.2) is 59.6 Å². The van der Waals surface area contributed by atoms with Crippen molar-refractivity contribution in [2.75, 3.05) is 13.2 Å². The Morgan fingerprint density at radius 1 is 1.03 bits per heavy atom. The Hall–Kier alpha value is -3.10. The fraction of sp³-hybridized carbons (Fsp3) is 0.667. The highest BCUT2D eigenvalue weighted by molar-refractivity contribution is 5.92. The summed E-state index contributed by atoms with van der Waals surface area (Å²) in [5.74, 6) is -1.09. The Balaban J connectivity index is 3.52. The summed E-state index contributed by atoms with van der Waals surface area (Å²) in [6, 6.07) is 3.55. The second-order valence-electron chi connectivity index (χ2n) is 11.4. The van der Waals surface area contributed by atoms with Crippen LogP contribution in [0.5, 0.6) is 0 Å². The van der Waals surface area contributed by atoms with Crippen LogP contribution in [0.3, 0.4) is 0 Å². The smallest absolute Gasteiger partial charge is 0.408 e. The van der Waals surface area contributed by atoms with Crippen LogP contribution >= 0.6 is 0 Å². The monoisotopic (exact) mass is 547 g/mol. The van der Waals surface area contributed by atoms with Crippen molar-refractivity contribution in [1.82, 2.24) is 15.5 Å². The van der Waals surface area contributed by atoms with Gasteiger partial charge in [0, 0.05) is 12.6 Å².